The Hall–Kier alpha value is -5.23. The van der Waals surface area contributed by atoms with Gasteiger partial charge in [0, 0.05) is 41.6 Å². The second-order valence-corrected chi connectivity index (χ2v) is 13.0. The number of furan rings is 1. The van der Waals surface area contributed by atoms with Gasteiger partial charge in [0.1, 0.15) is 34.4 Å². The summed E-state index contributed by atoms with van der Waals surface area (Å²) in [7, 11) is -2.14. The number of sulfonamides is 1. The average molecular weight is 627 g/mol. The zero-order chi connectivity index (χ0) is 31.0. The molecule has 0 atom stereocenters. The zero-order valence-corrected chi connectivity index (χ0v) is 24.6. The number of amides is 1. The van der Waals surface area contributed by atoms with Crippen molar-refractivity contribution in [2.75, 3.05) is 23.7 Å². The van der Waals surface area contributed by atoms with Crippen molar-refractivity contribution in [3.63, 3.8) is 0 Å². The monoisotopic (exact) mass is 626 g/mol. The lowest BCUT2D eigenvalue weighted by atomic mass is 10.00. The Morgan fingerprint density at radius 1 is 1.00 bits per heavy atom. The lowest BCUT2D eigenvalue weighted by molar-refractivity contribution is 0.0964. The van der Waals surface area contributed by atoms with Crippen LogP contribution in [0.2, 0.25) is 0 Å². The Balaban J connectivity index is 1.39. The van der Waals surface area contributed by atoms with Gasteiger partial charge in [-0.1, -0.05) is 6.07 Å². The first kappa shape index (κ1) is 27.3. The third-order valence-electron chi connectivity index (χ3n) is 8.35. The van der Waals surface area contributed by atoms with Crippen molar-refractivity contribution in [2.45, 2.75) is 13.2 Å². The quantitative estimate of drug-likeness (QED) is 0.246. The molecule has 226 valence electrons. The molecule has 0 spiro atoms. The van der Waals surface area contributed by atoms with Crippen LogP contribution in [-0.2, 0) is 16.8 Å². The van der Waals surface area contributed by atoms with Crippen LogP contribution < -0.4 is 14.4 Å². The molecule has 0 unspecified atom stereocenters. The van der Waals surface area contributed by atoms with Gasteiger partial charge in [-0.15, -0.1) is 0 Å². The number of rotatable bonds is 4. The summed E-state index contributed by atoms with van der Waals surface area (Å²) in [6, 6.07) is 18.9. The number of carbonyl (C=O) groups excluding carboxylic acids is 1. The largest absolute Gasteiger partial charge is 0.470 e. The van der Waals surface area contributed by atoms with Crippen LogP contribution in [0.25, 0.3) is 55.8 Å². The highest BCUT2D eigenvalue weighted by atomic mass is 32.2. The fourth-order valence-corrected chi connectivity index (χ4v) is 7.80. The molecule has 0 aliphatic carbocycles. The number of pyridine rings is 1. The molecule has 3 aromatic heterocycles. The number of carbonyl (C=O) groups is 1. The van der Waals surface area contributed by atoms with Crippen molar-refractivity contribution in [2.24, 2.45) is 0 Å². The summed E-state index contributed by atoms with van der Waals surface area (Å²) < 4.78 is 70.2. The number of aromatic nitrogens is 2. The minimum Gasteiger partial charge on any atom is -0.470 e. The second kappa shape index (κ2) is 9.89. The number of nitrogens with zero attached hydrogens (tertiary/aromatic N) is 3. The maximum Gasteiger partial charge on any atom is 0.255 e. The molecule has 6 aromatic rings. The van der Waals surface area contributed by atoms with E-state index in [0.717, 1.165) is 0 Å². The number of anilines is 1. The molecule has 1 saturated heterocycles. The fraction of sp³-hybridized carbons (Fsp3) is 0.152. The zero-order valence-electron chi connectivity index (χ0n) is 23.8. The van der Waals surface area contributed by atoms with E-state index in [2.05, 4.69) is 5.32 Å². The van der Waals surface area contributed by atoms with Crippen LogP contribution in [0.1, 0.15) is 16.8 Å². The van der Waals surface area contributed by atoms with Gasteiger partial charge in [0.15, 0.2) is 6.73 Å². The first-order chi connectivity index (χ1) is 21.7. The standard InChI is InChI=1S/C33H24F2N4O5S/c1-36-33(40)30-22-14-21(24-10-11-28-31(37-24)27-15-20-23(35)4-2-5-25(20)38(27)17-43-28)26(39-12-3-13-45(39,41)42)16-29(22)44-32(30)18-6-8-19(34)9-7-18/h2,4-11,14-16H,3,12-13,17H2,1H3,(H,36,40). The number of nitrogens with one attached hydrogen (secondary N) is 1. The molecule has 8 rings (SSSR count). The van der Waals surface area contributed by atoms with Gasteiger partial charge in [0.25, 0.3) is 5.91 Å². The molecule has 45 heavy (non-hydrogen) atoms. The van der Waals surface area contributed by atoms with Crippen LogP contribution in [0, 0.1) is 11.6 Å². The highest BCUT2D eigenvalue weighted by Gasteiger charge is 2.33. The summed E-state index contributed by atoms with van der Waals surface area (Å²) in [4.78, 5) is 18.2. The van der Waals surface area contributed by atoms with Crippen LogP contribution in [-0.4, -0.2) is 43.2 Å². The predicted octanol–water partition coefficient (Wildman–Crippen LogP) is 6.31. The van der Waals surface area contributed by atoms with E-state index >= 15 is 0 Å². The van der Waals surface area contributed by atoms with Crippen molar-refractivity contribution in [3.8, 4) is 39.7 Å². The summed E-state index contributed by atoms with van der Waals surface area (Å²) in [5, 5.41) is 3.51. The third kappa shape index (κ3) is 4.20. The molecule has 5 heterocycles. The van der Waals surface area contributed by atoms with Gasteiger partial charge in [0.2, 0.25) is 10.0 Å². The molecule has 2 aliphatic heterocycles. The summed E-state index contributed by atoms with van der Waals surface area (Å²) in [6.07, 6.45) is 0.444. The molecule has 1 N–H and O–H groups in total. The number of hydrogen-bond acceptors (Lipinski definition) is 6. The fourth-order valence-electron chi connectivity index (χ4n) is 6.22. The number of fused-ring (bicyclic) bond motifs is 6. The molecule has 3 aromatic carbocycles. The molecule has 0 saturated carbocycles. The third-order valence-corrected chi connectivity index (χ3v) is 10.2. The predicted molar refractivity (Wildman–Crippen MR) is 165 cm³/mol. The van der Waals surface area contributed by atoms with Gasteiger partial charge in [-0.05, 0) is 67.1 Å². The molecule has 9 nitrogen and oxygen atoms in total. The van der Waals surface area contributed by atoms with E-state index in [-0.39, 0.29) is 41.8 Å². The average Bonchev–Trinajstić information content (AvgIpc) is 3.73. The van der Waals surface area contributed by atoms with E-state index in [1.807, 2.05) is 10.6 Å². The van der Waals surface area contributed by atoms with Crippen LogP contribution in [0.15, 0.2) is 77.2 Å². The SMILES string of the molecule is CNC(=O)c1c(-c2ccc(F)cc2)oc2cc(N3CCCS3(=O)=O)c(-c3ccc4c(n3)-c3cc5c(F)cccc5n3CO4)cc12. The van der Waals surface area contributed by atoms with Gasteiger partial charge in [-0.25, -0.2) is 22.2 Å². The lowest BCUT2D eigenvalue weighted by Crippen LogP contribution is -2.25. The maximum absolute atomic E-state index is 14.7. The summed E-state index contributed by atoms with van der Waals surface area (Å²) >= 11 is 0. The van der Waals surface area contributed by atoms with Crippen LogP contribution >= 0.6 is 0 Å². The van der Waals surface area contributed by atoms with Gasteiger partial charge < -0.3 is 19.0 Å². The number of halogens is 2. The van der Waals surface area contributed by atoms with Gasteiger partial charge in [-0.3, -0.25) is 9.10 Å². The maximum atomic E-state index is 14.7. The first-order valence-corrected chi connectivity index (χ1v) is 15.9. The van der Waals surface area contributed by atoms with Crippen molar-refractivity contribution in [3.05, 3.63) is 90.0 Å². The molecule has 1 fully saturated rings. The molecule has 2 aliphatic rings. The van der Waals surface area contributed by atoms with Crippen LogP contribution in [0.5, 0.6) is 5.75 Å². The Bertz CT molecular complexity index is 2310. The summed E-state index contributed by atoms with van der Waals surface area (Å²) in [5.74, 6) is -0.528. The Morgan fingerprint density at radius 3 is 2.58 bits per heavy atom. The first-order valence-electron chi connectivity index (χ1n) is 14.2. The van der Waals surface area contributed by atoms with Crippen molar-refractivity contribution in [1.82, 2.24) is 14.9 Å². The number of ether oxygens (including phenoxy) is 1. The summed E-state index contributed by atoms with van der Waals surface area (Å²) in [5.41, 5.74) is 3.98. The Labute approximate surface area is 255 Å². The number of benzene rings is 3. The normalized spacial score (nSPS) is 15.2. The Kier molecular flexibility index (Phi) is 6.01. The van der Waals surface area contributed by atoms with Crippen molar-refractivity contribution in [1.29, 1.82) is 0 Å². The summed E-state index contributed by atoms with van der Waals surface area (Å²) in [6.45, 7) is 0.437. The molecule has 12 heteroatoms. The van der Waals surface area contributed by atoms with Gasteiger partial charge in [-0.2, -0.15) is 0 Å². The lowest BCUT2D eigenvalue weighted by Gasteiger charge is -2.23. The van der Waals surface area contributed by atoms with Crippen LogP contribution in [0.3, 0.4) is 0 Å². The smallest absolute Gasteiger partial charge is 0.255 e. The molecule has 1 amide bonds. The molecule has 0 radical (unpaired) electrons. The van der Waals surface area contributed by atoms with Gasteiger partial charge >= 0.3 is 0 Å². The molecule has 0 bridgehead atoms. The highest BCUT2D eigenvalue weighted by Crippen LogP contribution is 2.44. The van der Waals surface area contributed by atoms with Crippen molar-refractivity contribution >= 4 is 43.5 Å². The van der Waals surface area contributed by atoms with E-state index in [1.54, 1.807) is 36.4 Å². The van der Waals surface area contributed by atoms with Gasteiger partial charge in [0.05, 0.1) is 33.9 Å². The second-order valence-electron chi connectivity index (χ2n) is 10.9. The van der Waals surface area contributed by atoms with E-state index in [9.17, 15) is 22.0 Å². The minimum atomic E-state index is -3.64. The Morgan fingerprint density at radius 2 is 1.82 bits per heavy atom. The molecular formula is C33H24F2N4O5S. The topological polar surface area (TPSA) is 107 Å². The van der Waals surface area contributed by atoms with E-state index in [1.165, 1.54) is 41.7 Å². The van der Waals surface area contributed by atoms with Crippen molar-refractivity contribution < 1.29 is 31.1 Å². The van der Waals surface area contributed by atoms with E-state index < -0.39 is 21.7 Å². The molecular weight excluding hydrogens is 602 g/mol. The van der Waals surface area contributed by atoms with E-state index in [0.29, 0.717) is 62.4 Å². The highest BCUT2D eigenvalue weighted by molar-refractivity contribution is 7.93. The van der Waals surface area contributed by atoms with E-state index in [4.69, 9.17) is 14.1 Å². The number of hydrogen-bond donors (Lipinski definition) is 1. The minimum absolute atomic E-state index is 0.00984. The van der Waals surface area contributed by atoms with Crippen LogP contribution in [0.4, 0.5) is 14.5 Å².